The molecule has 4 rings (SSSR count). The van der Waals surface area contributed by atoms with Crippen LogP contribution < -0.4 is 10.6 Å². The molecule has 3 aromatic rings. The molecule has 2 aromatic heterocycles. The predicted octanol–water partition coefficient (Wildman–Crippen LogP) is 2.71. The van der Waals surface area contributed by atoms with Crippen LogP contribution in [0.1, 0.15) is 42.6 Å². The molecule has 1 aromatic carbocycles. The average molecular weight is 520 g/mol. The van der Waals surface area contributed by atoms with Crippen molar-refractivity contribution in [2.75, 3.05) is 12.3 Å². The number of aromatic nitrogens is 3. The van der Waals surface area contributed by atoms with E-state index in [9.17, 15) is 22.4 Å². The summed E-state index contributed by atoms with van der Waals surface area (Å²) in [5.74, 6) is -2.22. The maximum atomic E-state index is 14.9. The summed E-state index contributed by atoms with van der Waals surface area (Å²) in [7, 11) is -3.97. The summed E-state index contributed by atoms with van der Waals surface area (Å²) in [5, 5.41) is 11.4. The molecule has 35 heavy (non-hydrogen) atoms. The highest BCUT2D eigenvalue weighted by atomic mass is 32.2. The van der Waals surface area contributed by atoms with E-state index < -0.39 is 26.8 Å². The van der Waals surface area contributed by atoms with Crippen molar-refractivity contribution in [3.05, 3.63) is 40.9 Å². The number of sulfone groups is 1. The van der Waals surface area contributed by atoms with Crippen molar-refractivity contribution >= 4 is 43.2 Å². The van der Waals surface area contributed by atoms with Gasteiger partial charge in [0.2, 0.25) is 11.8 Å². The summed E-state index contributed by atoms with van der Waals surface area (Å²) < 4.78 is 41.8. The van der Waals surface area contributed by atoms with Crippen molar-refractivity contribution in [1.82, 2.24) is 25.8 Å². The summed E-state index contributed by atoms with van der Waals surface area (Å²) in [6.45, 7) is 4.88. The number of amides is 2. The number of aryl methyl sites for hydroxylation is 1. The standard InChI is InChI=1S/C23H26FN5O4S2/c1-12(2)11-35(32,33)21(22(31)25-10-20(30)27-15-4-5-15)23-28-18-8-17(24)16(7-19(18)34-23)14-6-13(3)29-26-9-14/h6-9,12,15,21H,4-5,10-11H2,1-3H3,(H,25,31)(H,27,30). The van der Waals surface area contributed by atoms with Crippen LogP contribution >= 0.6 is 11.3 Å². The first-order valence-corrected chi connectivity index (χ1v) is 13.7. The van der Waals surface area contributed by atoms with Crippen LogP contribution in [0.3, 0.4) is 0 Å². The summed E-state index contributed by atoms with van der Waals surface area (Å²) in [6.07, 6.45) is 3.23. The smallest absolute Gasteiger partial charge is 0.245 e. The Morgan fingerprint density at radius 3 is 2.63 bits per heavy atom. The molecule has 0 spiro atoms. The third-order valence-corrected chi connectivity index (χ3v) is 8.85. The predicted molar refractivity (Wildman–Crippen MR) is 131 cm³/mol. The van der Waals surface area contributed by atoms with Gasteiger partial charge in [-0.1, -0.05) is 13.8 Å². The van der Waals surface area contributed by atoms with Crippen LogP contribution in [0.25, 0.3) is 21.3 Å². The highest BCUT2D eigenvalue weighted by Gasteiger charge is 2.37. The van der Waals surface area contributed by atoms with Gasteiger partial charge >= 0.3 is 0 Å². The van der Waals surface area contributed by atoms with Crippen LogP contribution in [-0.2, 0) is 19.4 Å². The molecule has 1 aliphatic rings. The summed E-state index contributed by atoms with van der Waals surface area (Å²) in [6, 6.07) is 4.59. The van der Waals surface area contributed by atoms with Gasteiger partial charge in [-0.3, -0.25) is 9.59 Å². The minimum absolute atomic E-state index is 0.0290. The maximum absolute atomic E-state index is 14.9. The van der Waals surface area contributed by atoms with E-state index >= 15 is 0 Å². The van der Waals surface area contributed by atoms with E-state index in [4.69, 9.17) is 0 Å². The Balaban J connectivity index is 1.68. The Labute approximate surface area is 206 Å². The van der Waals surface area contributed by atoms with Crippen LogP contribution in [-0.4, -0.2) is 53.8 Å². The molecule has 2 N–H and O–H groups in total. The lowest BCUT2D eigenvalue weighted by Gasteiger charge is -2.16. The van der Waals surface area contributed by atoms with Gasteiger partial charge in [0.25, 0.3) is 0 Å². The molecule has 0 saturated heterocycles. The number of hydrogen-bond donors (Lipinski definition) is 2. The molecule has 0 radical (unpaired) electrons. The third kappa shape index (κ3) is 5.99. The lowest BCUT2D eigenvalue weighted by molar-refractivity contribution is -0.126. The Bertz CT molecular complexity index is 1390. The number of rotatable bonds is 9. The number of hydrogen-bond acceptors (Lipinski definition) is 8. The van der Waals surface area contributed by atoms with Gasteiger partial charge in [-0.25, -0.2) is 17.8 Å². The summed E-state index contributed by atoms with van der Waals surface area (Å²) in [4.78, 5) is 29.4. The number of nitrogens with one attached hydrogen (secondary N) is 2. The van der Waals surface area contributed by atoms with Gasteiger partial charge in [0, 0.05) is 23.2 Å². The van der Waals surface area contributed by atoms with E-state index in [1.165, 1.54) is 12.3 Å². The molecule has 9 nitrogen and oxygen atoms in total. The SMILES string of the molecule is Cc1cc(-c2cc3sc(C(C(=O)NCC(=O)NC4CC4)S(=O)(=O)CC(C)C)nc3cc2F)cnn1. The van der Waals surface area contributed by atoms with Crippen molar-refractivity contribution in [3.63, 3.8) is 0 Å². The fourth-order valence-electron chi connectivity index (χ4n) is 3.68. The second-order valence-electron chi connectivity index (χ2n) is 9.10. The molecule has 0 aliphatic heterocycles. The van der Waals surface area contributed by atoms with E-state index in [-0.39, 0.29) is 46.3 Å². The van der Waals surface area contributed by atoms with Crippen LogP contribution in [0.5, 0.6) is 0 Å². The van der Waals surface area contributed by atoms with Gasteiger partial charge in [0.05, 0.1) is 34.4 Å². The first kappa shape index (κ1) is 25.1. The molecule has 2 heterocycles. The highest BCUT2D eigenvalue weighted by molar-refractivity contribution is 7.92. The van der Waals surface area contributed by atoms with Crippen molar-refractivity contribution in [2.45, 2.75) is 44.9 Å². The number of halogens is 1. The Morgan fingerprint density at radius 2 is 1.97 bits per heavy atom. The number of nitrogens with zero attached hydrogens (tertiary/aromatic N) is 3. The summed E-state index contributed by atoms with van der Waals surface area (Å²) in [5.41, 5.74) is 1.66. The second kappa shape index (κ2) is 9.94. The van der Waals surface area contributed by atoms with E-state index in [2.05, 4.69) is 25.8 Å². The number of carbonyl (C=O) groups is 2. The fourth-order valence-corrected chi connectivity index (χ4v) is 7.12. The maximum Gasteiger partial charge on any atom is 0.245 e. The molecule has 1 atom stereocenters. The van der Waals surface area contributed by atoms with Crippen molar-refractivity contribution < 1.29 is 22.4 Å². The third-order valence-electron chi connectivity index (χ3n) is 5.33. The molecule has 0 bridgehead atoms. The molecule has 1 saturated carbocycles. The van der Waals surface area contributed by atoms with Gasteiger partial charge in [-0.15, -0.1) is 11.3 Å². The number of thiazole rings is 1. The average Bonchev–Trinajstić information content (AvgIpc) is 3.48. The van der Waals surface area contributed by atoms with E-state index in [1.807, 2.05) is 0 Å². The molecule has 186 valence electrons. The van der Waals surface area contributed by atoms with E-state index in [0.29, 0.717) is 16.0 Å². The largest absolute Gasteiger partial charge is 0.352 e. The number of fused-ring (bicyclic) bond motifs is 1. The van der Waals surface area contributed by atoms with Crippen LogP contribution in [0.15, 0.2) is 24.4 Å². The first-order chi connectivity index (χ1) is 16.5. The monoisotopic (exact) mass is 519 g/mol. The fraction of sp³-hybridized carbons (Fsp3) is 0.435. The Kier molecular flexibility index (Phi) is 7.13. The zero-order valence-corrected chi connectivity index (χ0v) is 21.2. The summed E-state index contributed by atoms with van der Waals surface area (Å²) >= 11 is 1.01. The van der Waals surface area contributed by atoms with Crippen LogP contribution in [0.4, 0.5) is 4.39 Å². The minimum Gasteiger partial charge on any atom is -0.352 e. The zero-order valence-electron chi connectivity index (χ0n) is 19.5. The lowest BCUT2D eigenvalue weighted by Crippen LogP contribution is -2.42. The normalized spacial score (nSPS) is 14.8. The molecule has 2 amide bonds. The molecular weight excluding hydrogens is 493 g/mol. The number of benzene rings is 1. The molecule has 12 heteroatoms. The van der Waals surface area contributed by atoms with Crippen molar-refractivity contribution in [3.8, 4) is 11.1 Å². The zero-order chi connectivity index (χ0) is 25.3. The van der Waals surface area contributed by atoms with Crippen molar-refractivity contribution in [1.29, 1.82) is 0 Å². The number of carbonyl (C=O) groups excluding carboxylic acids is 2. The topological polar surface area (TPSA) is 131 Å². The van der Waals surface area contributed by atoms with Crippen LogP contribution in [0, 0.1) is 18.7 Å². The molecule has 1 fully saturated rings. The quantitative estimate of drug-likeness (QED) is 0.444. The van der Waals surface area contributed by atoms with Gasteiger partial charge in [-0.2, -0.15) is 10.2 Å². The van der Waals surface area contributed by atoms with Gasteiger partial charge in [0.15, 0.2) is 15.1 Å². The van der Waals surface area contributed by atoms with Crippen molar-refractivity contribution in [2.24, 2.45) is 5.92 Å². The highest BCUT2D eigenvalue weighted by Crippen LogP contribution is 2.35. The Morgan fingerprint density at radius 1 is 1.23 bits per heavy atom. The molecular formula is C23H26FN5O4S2. The Hall–Kier alpha value is -2.99. The van der Waals surface area contributed by atoms with E-state index in [1.54, 1.807) is 32.9 Å². The van der Waals surface area contributed by atoms with Gasteiger partial charge in [0.1, 0.15) is 10.8 Å². The molecule has 1 unspecified atom stereocenters. The van der Waals surface area contributed by atoms with E-state index in [0.717, 1.165) is 24.2 Å². The molecule has 1 aliphatic carbocycles. The minimum atomic E-state index is -3.97. The second-order valence-corrected chi connectivity index (χ2v) is 12.3. The van der Waals surface area contributed by atoms with Crippen LogP contribution in [0.2, 0.25) is 0 Å². The lowest BCUT2D eigenvalue weighted by atomic mass is 10.1. The van der Waals surface area contributed by atoms with Gasteiger partial charge in [-0.05, 0) is 37.8 Å². The van der Waals surface area contributed by atoms with Gasteiger partial charge < -0.3 is 10.6 Å². The first-order valence-electron chi connectivity index (χ1n) is 11.2.